The fourth-order valence-corrected chi connectivity index (χ4v) is 2.50. The van der Waals surface area contributed by atoms with Gasteiger partial charge in [-0.1, -0.05) is 18.2 Å². The Kier molecular flexibility index (Phi) is 2.93. The lowest BCUT2D eigenvalue weighted by molar-refractivity contribution is 0.0522. The molecule has 0 fully saturated rings. The largest absolute Gasteiger partial charge is 0.461 e. The van der Waals surface area contributed by atoms with Crippen molar-refractivity contribution in [3.05, 3.63) is 41.2 Å². The van der Waals surface area contributed by atoms with Crippen LogP contribution >= 0.6 is 0 Å². The number of nitrogens with one attached hydrogen (secondary N) is 1. The molecule has 20 heavy (non-hydrogen) atoms. The highest BCUT2D eigenvalue weighted by molar-refractivity contribution is 6.16. The predicted molar refractivity (Wildman–Crippen MR) is 79.0 cm³/mol. The van der Waals surface area contributed by atoms with Crippen LogP contribution in [-0.2, 0) is 4.74 Å². The Morgan fingerprint density at radius 2 is 2.05 bits per heavy atom. The molecule has 1 N–H and O–H groups in total. The van der Waals surface area contributed by atoms with E-state index in [9.17, 15) is 4.79 Å². The number of pyridine rings is 1. The van der Waals surface area contributed by atoms with E-state index in [1.165, 1.54) is 0 Å². The maximum absolute atomic E-state index is 12.2. The minimum atomic E-state index is -0.370. The zero-order valence-corrected chi connectivity index (χ0v) is 11.8. The zero-order chi connectivity index (χ0) is 14.3. The summed E-state index contributed by atoms with van der Waals surface area (Å²) in [6, 6.07) is 7.92. The molecule has 4 heteroatoms. The third-order valence-corrected chi connectivity index (χ3v) is 3.61. The quantitative estimate of drug-likeness (QED) is 0.723. The summed E-state index contributed by atoms with van der Waals surface area (Å²) in [5, 5.41) is 1.85. The second-order valence-corrected chi connectivity index (χ2v) is 4.81. The molecule has 0 bridgehead atoms. The minimum absolute atomic E-state index is 0.345. The highest BCUT2D eigenvalue weighted by Crippen LogP contribution is 2.31. The first-order valence-corrected chi connectivity index (χ1v) is 6.68. The number of hydrogen-bond donors (Lipinski definition) is 1. The number of H-pyrrole nitrogens is 1. The van der Waals surface area contributed by atoms with E-state index in [4.69, 9.17) is 4.74 Å². The van der Waals surface area contributed by atoms with Crippen LogP contribution in [0.5, 0.6) is 0 Å². The fourth-order valence-electron chi connectivity index (χ4n) is 2.50. The summed E-state index contributed by atoms with van der Waals surface area (Å²) in [7, 11) is 0. The molecule has 0 spiro atoms. The van der Waals surface area contributed by atoms with Crippen molar-refractivity contribution in [1.82, 2.24) is 9.97 Å². The summed E-state index contributed by atoms with van der Waals surface area (Å²) >= 11 is 0. The number of aromatic amines is 1. The SMILES string of the molecule is CCOC(=O)c1nc(C)c(C)c2[nH]c3ccccc3c12. The first-order valence-electron chi connectivity index (χ1n) is 6.68. The molecule has 0 aliphatic rings. The minimum Gasteiger partial charge on any atom is -0.461 e. The van der Waals surface area contributed by atoms with E-state index in [2.05, 4.69) is 9.97 Å². The lowest BCUT2D eigenvalue weighted by Crippen LogP contribution is -2.09. The second-order valence-electron chi connectivity index (χ2n) is 4.81. The molecule has 4 nitrogen and oxygen atoms in total. The Hall–Kier alpha value is -2.36. The number of aromatic nitrogens is 2. The lowest BCUT2D eigenvalue weighted by Gasteiger charge is -2.07. The van der Waals surface area contributed by atoms with E-state index in [1.54, 1.807) is 6.92 Å². The van der Waals surface area contributed by atoms with Crippen molar-refractivity contribution in [3.8, 4) is 0 Å². The van der Waals surface area contributed by atoms with Gasteiger partial charge in [0.1, 0.15) is 0 Å². The molecule has 0 radical (unpaired) electrons. The van der Waals surface area contributed by atoms with Crippen LogP contribution in [0.25, 0.3) is 21.8 Å². The molecule has 3 rings (SSSR count). The van der Waals surface area contributed by atoms with E-state index >= 15 is 0 Å². The normalized spacial score (nSPS) is 11.2. The van der Waals surface area contributed by atoms with Crippen LogP contribution in [0.4, 0.5) is 0 Å². The molecule has 3 aromatic rings. The van der Waals surface area contributed by atoms with Gasteiger partial charge in [0, 0.05) is 22.0 Å². The molecule has 1 aromatic carbocycles. The van der Waals surface area contributed by atoms with Crippen molar-refractivity contribution in [2.75, 3.05) is 6.61 Å². The van der Waals surface area contributed by atoms with Gasteiger partial charge in [0.25, 0.3) is 0 Å². The Balaban J connectivity index is 2.44. The summed E-state index contributed by atoms with van der Waals surface area (Å²) in [5.74, 6) is -0.370. The molecule has 102 valence electrons. The number of carbonyl (C=O) groups is 1. The summed E-state index contributed by atoms with van der Waals surface area (Å²) in [6.45, 7) is 6.06. The first kappa shape index (κ1) is 12.7. The van der Waals surface area contributed by atoms with Gasteiger partial charge in [-0.05, 0) is 32.4 Å². The number of rotatable bonds is 2. The van der Waals surface area contributed by atoms with E-state index in [0.29, 0.717) is 12.3 Å². The molecule has 0 unspecified atom stereocenters. The smallest absolute Gasteiger partial charge is 0.357 e. The van der Waals surface area contributed by atoms with Crippen LogP contribution in [-0.4, -0.2) is 22.5 Å². The number of ether oxygens (including phenoxy) is 1. The molecule has 2 heterocycles. The number of nitrogens with zero attached hydrogens (tertiary/aromatic N) is 1. The number of fused-ring (bicyclic) bond motifs is 3. The average Bonchev–Trinajstić information content (AvgIpc) is 2.83. The highest BCUT2D eigenvalue weighted by Gasteiger charge is 2.19. The molecule has 0 saturated heterocycles. The van der Waals surface area contributed by atoms with Gasteiger partial charge < -0.3 is 9.72 Å². The molecule has 0 atom stereocenters. The van der Waals surface area contributed by atoms with Crippen LogP contribution in [0.2, 0.25) is 0 Å². The van der Waals surface area contributed by atoms with Gasteiger partial charge in [0.15, 0.2) is 5.69 Å². The molecule has 0 aliphatic heterocycles. The Morgan fingerprint density at radius 3 is 2.80 bits per heavy atom. The predicted octanol–water partition coefficient (Wildman–Crippen LogP) is 3.51. The summed E-state index contributed by atoms with van der Waals surface area (Å²) < 4.78 is 5.13. The van der Waals surface area contributed by atoms with E-state index in [-0.39, 0.29) is 5.97 Å². The van der Waals surface area contributed by atoms with Gasteiger partial charge >= 0.3 is 5.97 Å². The molecule has 0 amide bonds. The van der Waals surface area contributed by atoms with Crippen LogP contribution in [0.3, 0.4) is 0 Å². The van der Waals surface area contributed by atoms with Crippen LogP contribution in [0.1, 0.15) is 28.7 Å². The summed E-state index contributed by atoms with van der Waals surface area (Å²) in [6.07, 6.45) is 0. The van der Waals surface area contributed by atoms with E-state index in [1.807, 2.05) is 38.1 Å². The van der Waals surface area contributed by atoms with Crippen molar-refractivity contribution < 1.29 is 9.53 Å². The van der Waals surface area contributed by atoms with Crippen molar-refractivity contribution >= 4 is 27.8 Å². The van der Waals surface area contributed by atoms with Gasteiger partial charge in [-0.2, -0.15) is 0 Å². The van der Waals surface area contributed by atoms with Crippen LogP contribution in [0.15, 0.2) is 24.3 Å². The Labute approximate surface area is 116 Å². The van der Waals surface area contributed by atoms with Gasteiger partial charge in [-0.3, -0.25) is 0 Å². The van der Waals surface area contributed by atoms with Crippen molar-refractivity contribution in [3.63, 3.8) is 0 Å². The Morgan fingerprint density at radius 1 is 1.30 bits per heavy atom. The third kappa shape index (κ3) is 1.76. The number of hydrogen-bond acceptors (Lipinski definition) is 3. The van der Waals surface area contributed by atoms with Crippen molar-refractivity contribution in [2.45, 2.75) is 20.8 Å². The molecule has 0 saturated carbocycles. The first-order chi connectivity index (χ1) is 9.63. The van der Waals surface area contributed by atoms with Gasteiger partial charge in [-0.25, -0.2) is 9.78 Å². The molecule has 2 aromatic heterocycles. The fraction of sp³-hybridized carbons (Fsp3) is 0.250. The van der Waals surface area contributed by atoms with Gasteiger partial charge in [-0.15, -0.1) is 0 Å². The number of aryl methyl sites for hydroxylation is 2. The molecule has 0 aliphatic carbocycles. The maximum atomic E-state index is 12.2. The number of esters is 1. The van der Waals surface area contributed by atoms with E-state index in [0.717, 1.165) is 33.1 Å². The third-order valence-electron chi connectivity index (χ3n) is 3.61. The summed E-state index contributed by atoms with van der Waals surface area (Å²) in [5.41, 5.74) is 4.25. The zero-order valence-electron chi connectivity index (χ0n) is 11.8. The highest BCUT2D eigenvalue weighted by atomic mass is 16.5. The number of para-hydroxylation sites is 1. The standard InChI is InChI=1S/C16H16N2O2/c1-4-20-16(19)15-13-11-7-5-6-8-12(11)18-14(13)9(2)10(3)17-15/h5-8,18H,4H2,1-3H3. The topological polar surface area (TPSA) is 55.0 Å². The lowest BCUT2D eigenvalue weighted by atomic mass is 10.1. The van der Waals surface area contributed by atoms with Crippen molar-refractivity contribution in [1.29, 1.82) is 0 Å². The average molecular weight is 268 g/mol. The molecular weight excluding hydrogens is 252 g/mol. The number of carbonyl (C=O) groups excluding carboxylic acids is 1. The number of benzene rings is 1. The van der Waals surface area contributed by atoms with Crippen LogP contribution in [0, 0.1) is 13.8 Å². The van der Waals surface area contributed by atoms with Gasteiger partial charge in [0.2, 0.25) is 0 Å². The monoisotopic (exact) mass is 268 g/mol. The Bertz CT molecular complexity index is 818. The second kappa shape index (κ2) is 4.63. The van der Waals surface area contributed by atoms with Crippen LogP contribution < -0.4 is 0 Å². The molecular formula is C16H16N2O2. The maximum Gasteiger partial charge on any atom is 0.357 e. The van der Waals surface area contributed by atoms with Crippen molar-refractivity contribution in [2.24, 2.45) is 0 Å². The van der Waals surface area contributed by atoms with E-state index < -0.39 is 0 Å². The van der Waals surface area contributed by atoms with Gasteiger partial charge in [0.05, 0.1) is 12.1 Å². The summed E-state index contributed by atoms with van der Waals surface area (Å²) in [4.78, 5) is 20.0.